The molecule has 1 aliphatic heterocycles. The number of hydrogen-bond donors (Lipinski definition) is 3. The summed E-state index contributed by atoms with van der Waals surface area (Å²) in [7, 11) is 0. The molecule has 3 N–H and O–H groups in total. The van der Waals surface area contributed by atoms with Crippen LogP contribution in [0.1, 0.15) is 16.7 Å². The summed E-state index contributed by atoms with van der Waals surface area (Å²) in [5.41, 5.74) is 4.27. The third-order valence-electron chi connectivity index (χ3n) is 5.10. The Morgan fingerprint density at radius 3 is 2.74 bits per heavy atom. The third kappa shape index (κ3) is 2.34. The number of anilines is 1. The van der Waals surface area contributed by atoms with E-state index in [1.165, 1.54) is 0 Å². The Morgan fingerprint density at radius 1 is 1.07 bits per heavy atom. The van der Waals surface area contributed by atoms with Crippen LogP contribution >= 0.6 is 11.6 Å². The number of halogens is 1. The molecule has 4 nitrogen and oxygen atoms in total. The average Bonchev–Trinajstić information content (AvgIpc) is 3.13. The molecule has 0 bridgehead atoms. The molecule has 0 spiro atoms. The molecule has 0 aliphatic carbocycles. The number of hydrogen-bond acceptors (Lipinski definition) is 2. The Bertz CT molecular complexity index is 1300. The molecule has 0 saturated heterocycles. The predicted octanol–water partition coefficient (Wildman–Crippen LogP) is 5.48. The number of aromatic hydroxyl groups is 1. The van der Waals surface area contributed by atoms with Crippen LogP contribution in [-0.4, -0.2) is 16.0 Å². The normalized spacial score (nSPS) is 14.9. The largest absolute Gasteiger partial charge is 0.508 e. The van der Waals surface area contributed by atoms with Gasteiger partial charge in [-0.1, -0.05) is 48.0 Å². The molecule has 132 valence electrons. The van der Waals surface area contributed by atoms with Crippen LogP contribution in [0.25, 0.3) is 33.3 Å². The van der Waals surface area contributed by atoms with Gasteiger partial charge in [0.1, 0.15) is 10.9 Å². The van der Waals surface area contributed by atoms with Gasteiger partial charge in [-0.05, 0) is 36.1 Å². The van der Waals surface area contributed by atoms with Gasteiger partial charge < -0.3 is 15.4 Å². The fourth-order valence-corrected chi connectivity index (χ4v) is 3.94. The molecule has 0 saturated carbocycles. The smallest absolute Gasteiger partial charge is 0.256 e. The first kappa shape index (κ1) is 16.0. The first-order valence-corrected chi connectivity index (χ1v) is 8.96. The van der Waals surface area contributed by atoms with Gasteiger partial charge in [0.2, 0.25) is 0 Å². The van der Waals surface area contributed by atoms with E-state index < -0.39 is 0 Å². The number of amides is 1. The van der Waals surface area contributed by atoms with Crippen molar-refractivity contribution in [1.29, 1.82) is 0 Å². The standard InChI is InChI=1S/C22H15ClN2O2/c1-11-8-18-15(10-19(11)26)17(22(27)24-18)9-16-14-7-6-12-4-2-3-5-13(12)20(14)25-21(16)23/h2-10,25-26H,1H3,(H,24,27)/b17-9+. The van der Waals surface area contributed by atoms with Crippen molar-refractivity contribution < 1.29 is 9.90 Å². The Kier molecular flexibility index (Phi) is 3.33. The van der Waals surface area contributed by atoms with Crippen molar-refractivity contribution in [2.75, 3.05) is 5.32 Å². The molecule has 0 unspecified atom stereocenters. The summed E-state index contributed by atoms with van der Waals surface area (Å²) in [6.07, 6.45) is 1.78. The number of carbonyl (C=O) groups is 1. The van der Waals surface area contributed by atoms with E-state index >= 15 is 0 Å². The van der Waals surface area contributed by atoms with Crippen molar-refractivity contribution in [3.05, 3.63) is 70.4 Å². The maximum Gasteiger partial charge on any atom is 0.256 e. The molecule has 27 heavy (non-hydrogen) atoms. The number of benzene rings is 3. The average molecular weight is 375 g/mol. The zero-order valence-electron chi connectivity index (χ0n) is 14.4. The zero-order chi connectivity index (χ0) is 18.7. The second kappa shape index (κ2) is 5.63. The molecule has 0 fully saturated rings. The maximum absolute atomic E-state index is 12.5. The first-order valence-electron chi connectivity index (χ1n) is 8.59. The number of aromatic amines is 1. The summed E-state index contributed by atoms with van der Waals surface area (Å²) < 4.78 is 0. The Morgan fingerprint density at radius 2 is 1.89 bits per heavy atom. The molecule has 1 aliphatic rings. The van der Waals surface area contributed by atoms with Gasteiger partial charge in [-0.2, -0.15) is 0 Å². The lowest BCUT2D eigenvalue weighted by atomic mass is 10.0. The van der Waals surface area contributed by atoms with Crippen molar-refractivity contribution in [3.8, 4) is 5.75 Å². The molecular formula is C22H15ClN2O2. The molecule has 5 rings (SSSR count). The second-order valence-electron chi connectivity index (χ2n) is 6.76. The Labute approximate surface area is 160 Å². The fraction of sp³-hybridized carbons (Fsp3) is 0.0455. The molecule has 5 heteroatoms. The second-order valence-corrected chi connectivity index (χ2v) is 7.14. The maximum atomic E-state index is 12.5. The number of aromatic nitrogens is 1. The minimum atomic E-state index is -0.207. The van der Waals surface area contributed by atoms with Gasteiger partial charge in [-0.15, -0.1) is 0 Å². The highest BCUT2D eigenvalue weighted by atomic mass is 35.5. The first-order chi connectivity index (χ1) is 13.0. The van der Waals surface area contributed by atoms with Gasteiger partial charge in [0.05, 0.1) is 5.52 Å². The van der Waals surface area contributed by atoms with Crippen LogP contribution in [0, 0.1) is 6.92 Å². The van der Waals surface area contributed by atoms with Crippen LogP contribution < -0.4 is 5.32 Å². The van der Waals surface area contributed by atoms with Gasteiger partial charge in [0, 0.05) is 33.2 Å². The Balaban J connectivity index is 1.76. The topological polar surface area (TPSA) is 65.1 Å². The van der Waals surface area contributed by atoms with E-state index in [0.717, 1.165) is 27.2 Å². The Hall–Kier alpha value is -3.24. The van der Waals surface area contributed by atoms with E-state index in [-0.39, 0.29) is 11.7 Å². The van der Waals surface area contributed by atoms with E-state index in [0.29, 0.717) is 27.5 Å². The quantitative estimate of drug-likeness (QED) is 0.305. The molecule has 0 radical (unpaired) electrons. The lowest BCUT2D eigenvalue weighted by Crippen LogP contribution is -2.03. The predicted molar refractivity (Wildman–Crippen MR) is 110 cm³/mol. The van der Waals surface area contributed by atoms with Gasteiger partial charge in [-0.25, -0.2) is 0 Å². The van der Waals surface area contributed by atoms with Crippen LogP contribution in [0.5, 0.6) is 5.75 Å². The highest BCUT2D eigenvalue weighted by molar-refractivity contribution is 6.38. The molecule has 4 aromatic rings. The highest BCUT2D eigenvalue weighted by Gasteiger charge is 2.26. The molecule has 3 aromatic carbocycles. The molecule has 1 amide bonds. The van der Waals surface area contributed by atoms with Gasteiger partial charge in [0.15, 0.2) is 0 Å². The van der Waals surface area contributed by atoms with Crippen molar-refractivity contribution >= 4 is 56.5 Å². The van der Waals surface area contributed by atoms with Crippen LogP contribution in [0.2, 0.25) is 5.15 Å². The van der Waals surface area contributed by atoms with E-state index in [2.05, 4.69) is 10.3 Å². The summed E-state index contributed by atoms with van der Waals surface area (Å²) >= 11 is 6.50. The van der Waals surface area contributed by atoms with Crippen molar-refractivity contribution in [1.82, 2.24) is 4.98 Å². The number of phenols is 1. The van der Waals surface area contributed by atoms with Crippen molar-refractivity contribution in [2.24, 2.45) is 0 Å². The van der Waals surface area contributed by atoms with E-state index in [1.54, 1.807) is 25.1 Å². The van der Waals surface area contributed by atoms with E-state index in [1.807, 2.05) is 36.4 Å². The monoisotopic (exact) mass is 374 g/mol. The number of phenolic OH excluding ortho intramolecular Hbond substituents is 1. The van der Waals surface area contributed by atoms with E-state index in [4.69, 9.17) is 11.6 Å². The van der Waals surface area contributed by atoms with E-state index in [9.17, 15) is 9.90 Å². The summed E-state index contributed by atoms with van der Waals surface area (Å²) in [6.45, 7) is 1.80. The lowest BCUT2D eigenvalue weighted by molar-refractivity contribution is -0.110. The van der Waals surface area contributed by atoms with Crippen LogP contribution in [0.15, 0.2) is 48.5 Å². The number of fused-ring (bicyclic) bond motifs is 4. The van der Waals surface area contributed by atoms with Gasteiger partial charge in [0.25, 0.3) is 5.91 Å². The van der Waals surface area contributed by atoms with Crippen LogP contribution in [0.4, 0.5) is 5.69 Å². The summed E-state index contributed by atoms with van der Waals surface area (Å²) in [4.78, 5) is 15.8. The number of H-pyrrole nitrogens is 1. The highest BCUT2D eigenvalue weighted by Crippen LogP contribution is 2.40. The molecule has 1 aromatic heterocycles. The lowest BCUT2D eigenvalue weighted by Gasteiger charge is -2.03. The number of aryl methyl sites for hydroxylation is 1. The number of carbonyl (C=O) groups excluding carboxylic acids is 1. The fourth-order valence-electron chi connectivity index (χ4n) is 3.69. The minimum absolute atomic E-state index is 0.159. The molecule has 2 heterocycles. The van der Waals surface area contributed by atoms with Crippen LogP contribution in [-0.2, 0) is 4.79 Å². The minimum Gasteiger partial charge on any atom is -0.508 e. The third-order valence-corrected chi connectivity index (χ3v) is 5.40. The summed E-state index contributed by atoms with van der Waals surface area (Å²) in [5.74, 6) is -0.0478. The van der Waals surface area contributed by atoms with Crippen LogP contribution in [0.3, 0.4) is 0 Å². The number of rotatable bonds is 1. The molecular weight excluding hydrogens is 360 g/mol. The SMILES string of the molecule is Cc1cc2c(cc1O)/C(=C\c1c(Cl)[nH]c3c1ccc1ccccc13)C(=O)N2. The van der Waals surface area contributed by atoms with Crippen molar-refractivity contribution in [3.63, 3.8) is 0 Å². The van der Waals surface area contributed by atoms with Gasteiger partial charge >= 0.3 is 0 Å². The summed E-state index contributed by atoms with van der Waals surface area (Å²) in [6, 6.07) is 15.5. The van der Waals surface area contributed by atoms with Crippen molar-refractivity contribution in [2.45, 2.75) is 6.92 Å². The number of nitrogens with one attached hydrogen (secondary N) is 2. The zero-order valence-corrected chi connectivity index (χ0v) is 15.2. The molecule has 0 atom stereocenters. The van der Waals surface area contributed by atoms with Gasteiger partial charge in [-0.3, -0.25) is 4.79 Å². The summed E-state index contributed by atoms with van der Waals surface area (Å²) in [5, 5.41) is 16.5.